The number of anilines is 1. The number of amides is 1. The van der Waals surface area contributed by atoms with Gasteiger partial charge in [-0.25, -0.2) is 0 Å². The van der Waals surface area contributed by atoms with Gasteiger partial charge in [0, 0.05) is 54.8 Å². The number of benzene rings is 1. The smallest absolute Gasteiger partial charge is 0.225 e. The highest BCUT2D eigenvalue weighted by atomic mass is 16.2. The van der Waals surface area contributed by atoms with Crippen LogP contribution in [-0.2, 0) is 11.3 Å². The first-order valence-electron chi connectivity index (χ1n) is 14.7. The lowest BCUT2D eigenvalue weighted by molar-refractivity contribution is -0.137. The van der Waals surface area contributed by atoms with E-state index < -0.39 is 0 Å². The van der Waals surface area contributed by atoms with Crippen molar-refractivity contribution in [1.29, 1.82) is 5.26 Å². The molecule has 2 atom stereocenters. The Hall–Kier alpha value is -3.66. The van der Waals surface area contributed by atoms with E-state index in [0.29, 0.717) is 42.8 Å². The topological polar surface area (TPSA) is 85.2 Å². The van der Waals surface area contributed by atoms with Gasteiger partial charge in [0.1, 0.15) is 0 Å². The summed E-state index contributed by atoms with van der Waals surface area (Å²) in [5.74, 6) is 1.77. The molecule has 1 fully saturated rings. The zero-order valence-corrected chi connectivity index (χ0v) is 25.3. The fourth-order valence-electron chi connectivity index (χ4n) is 5.29. The lowest BCUT2D eigenvalue weighted by atomic mass is 9.92. The average molecular weight is 543 g/mol. The van der Waals surface area contributed by atoms with E-state index in [4.69, 9.17) is 0 Å². The van der Waals surface area contributed by atoms with Crippen molar-refractivity contribution in [2.75, 3.05) is 31.5 Å². The molecule has 1 saturated heterocycles. The molecule has 0 radical (unpaired) electrons. The summed E-state index contributed by atoms with van der Waals surface area (Å²) >= 11 is 0. The zero-order chi connectivity index (χ0) is 29.2. The Morgan fingerprint density at radius 3 is 2.42 bits per heavy atom. The second-order valence-corrected chi connectivity index (χ2v) is 10.9. The van der Waals surface area contributed by atoms with E-state index in [0.717, 1.165) is 71.7 Å². The minimum Gasteiger partial charge on any atom is -0.368 e. The Morgan fingerprint density at radius 2 is 1.80 bits per heavy atom. The van der Waals surface area contributed by atoms with Crippen LogP contribution in [0.5, 0.6) is 0 Å². The molecule has 7 heteroatoms. The normalized spacial score (nSPS) is 16.0. The van der Waals surface area contributed by atoms with Gasteiger partial charge in [-0.1, -0.05) is 52.0 Å². The van der Waals surface area contributed by atoms with Gasteiger partial charge in [-0.15, -0.1) is 5.10 Å². The van der Waals surface area contributed by atoms with E-state index in [1.807, 2.05) is 43.9 Å². The van der Waals surface area contributed by atoms with E-state index in [2.05, 4.69) is 66.0 Å². The summed E-state index contributed by atoms with van der Waals surface area (Å²) in [7, 11) is 0. The Bertz CT molecular complexity index is 1350. The van der Waals surface area contributed by atoms with Gasteiger partial charge in [-0.3, -0.25) is 4.79 Å². The Labute approximate surface area is 240 Å². The fourth-order valence-corrected chi connectivity index (χ4v) is 5.29. The number of carbonyl (C=O) groups excluding carboxylic acids is 1. The van der Waals surface area contributed by atoms with Crippen molar-refractivity contribution >= 4 is 23.9 Å². The maximum atomic E-state index is 13.2. The van der Waals surface area contributed by atoms with Crippen molar-refractivity contribution in [3.05, 3.63) is 63.3 Å². The van der Waals surface area contributed by atoms with Crippen molar-refractivity contribution in [2.24, 2.45) is 11.8 Å². The summed E-state index contributed by atoms with van der Waals surface area (Å²) in [5, 5.41) is 23.7. The molecule has 1 aromatic carbocycles. The predicted octanol–water partition coefficient (Wildman–Crippen LogP) is 4.67. The molecular weight excluding hydrogens is 496 g/mol. The molecule has 0 aliphatic carbocycles. The van der Waals surface area contributed by atoms with Crippen LogP contribution in [0.4, 0.5) is 5.82 Å². The number of hydrogen-bond donors (Lipinski definition) is 1. The Morgan fingerprint density at radius 1 is 1.10 bits per heavy atom. The lowest BCUT2D eigenvalue weighted by Gasteiger charge is -2.38. The summed E-state index contributed by atoms with van der Waals surface area (Å²) in [6.45, 7) is 20.4. The minimum absolute atomic E-state index is 0.120. The molecule has 7 nitrogen and oxygen atoms in total. The third-order valence-electron chi connectivity index (χ3n) is 8.39. The first-order valence-corrected chi connectivity index (χ1v) is 14.7. The van der Waals surface area contributed by atoms with Gasteiger partial charge in [0.15, 0.2) is 5.82 Å². The van der Waals surface area contributed by atoms with E-state index in [1.165, 1.54) is 0 Å². The van der Waals surface area contributed by atoms with Crippen LogP contribution in [0.2, 0.25) is 0 Å². The van der Waals surface area contributed by atoms with Crippen LogP contribution >= 0.6 is 0 Å². The Kier molecular flexibility index (Phi) is 11.3. The largest absolute Gasteiger partial charge is 0.368 e. The summed E-state index contributed by atoms with van der Waals surface area (Å²) in [4.78, 5) is 17.5. The number of allylic oxidation sites excluding steroid dienone is 1. The first-order chi connectivity index (χ1) is 19.2. The lowest BCUT2D eigenvalue weighted by Crippen LogP contribution is -2.49. The fraction of sp³-hybridized carbons (Fsp3) is 0.515. The zero-order valence-electron chi connectivity index (χ0n) is 25.3. The molecule has 2 heterocycles. The van der Waals surface area contributed by atoms with Crippen LogP contribution < -0.4 is 15.8 Å². The number of aromatic nitrogens is 2. The number of aryl methyl sites for hydroxylation is 1. The predicted molar refractivity (Wildman–Crippen MR) is 164 cm³/mol. The van der Waals surface area contributed by atoms with Crippen molar-refractivity contribution in [3.63, 3.8) is 0 Å². The SMILES string of the molecule is C=C(/C=c1/c(NCc2cccc(C#N)c2C)nnc(C)/c1=C/C)N1CCN(C(=O)C(CC)CCC(C)CC)CC1. The molecular formula is C33H46N6O. The third-order valence-corrected chi connectivity index (χ3v) is 8.39. The summed E-state index contributed by atoms with van der Waals surface area (Å²) in [5.41, 5.74) is 4.44. The molecule has 2 unspecified atom stereocenters. The van der Waals surface area contributed by atoms with Gasteiger partial charge in [-0.05, 0) is 69.2 Å². The van der Waals surface area contributed by atoms with E-state index >= 15 is 0 Å². The number of nitrogens with zero attached hydrogens (tertiary/aromatic N) is 5. The van der Waals surface area contributed by atoms with Gasteiger partial charge in [0.25, 0.3) is 0 Å². The highest BCUT2D eigenvalue weighted by molar-refractivity contribution is 5.79. The molecule has 1 aromatic heterocycles. The minimum atomic E-state index is 0.120. The molecule has 1 amide bonds. The van der Waals surface area contributed by atoms with Gasteiger partial charge < -0.3 is 15.1 Å². The van der Waals surface area contributed by atoms with Crippen molar-refractivity contribution in [3.8, 4) is 6.07 Å². The third kappa shape index (κ3) is 7.50. The number of hydrogen-bond acceptors (Lipinski definition) is 6. The van der Waals surface area contributed by atoms with Crippen LogP contribution in [0.25, 0.3) is 12.2 Å². The Balaban J connectivity index is 1.75. The van der Waals surface area contributed by atoms with Crippen LogP contribution in [0.15, 0.2) is 30.5 Å². The quantitative estimate of drug-likeness (QED) is 0.444. The molecule has 0 saturated carbocycles. The number of rotatable bonds is 11. The highest BCUT2D eigenvalue weighted by Crippen LogP contribution is 2.21. The van der Waals surface area contributed by atoms with Crippen LogP contribution in [-0.4, -0.2) is 52.1 Å². The van der Waals surface area contributed by atoms with Gasteiger partial charge in [-0.2, -0.15) is 10.4 Å². The number of nitriles is 1. The summed E-state index contributed by atoms with van der Waals surface area (Å²) < 4.78 is 0. The standard InChI is InChI=1S/C33H46N6O/c1-8-23(4)14-15-27(9-2)33(40)39-18-16-38(17-19-39)24(5)20-31-30(10-3)26(7)36-37-32(31)35-22-29-13-11-12-28(21-34)25(29)6/h10-13,20,23,27H,5,8-9,14-19,22H2,1-4,6-7H3,(H,35,37)/b30-10-,31-20+. The van der Waals surface area contributed by atoms with E-state index in [9.17, 15) is 10.1 Å². The maximum Gasteiger partial charge on any atom is 0.225 e. The highest BCUT2D eigenvalue weighted by Gasteiger charge is 2.26. The maximum absolute atomic E-state index is 13.2. The number of carbonyl (C=O) groups is 1. The van der Waals surface area contributed by atoms with Crippen LogP contribution in [0.1, 0.15) is 75.8 Å². The van der Waals surface area contributed by atoms with E-state index in [-0.39, 0.29) is 5.92 Å². The summed E-state index contributed by atoms with van der Waals surface area (Å²) in [6, 6.07) is 8.02. The second-order valence-electron chi connectivity index (χ2n) is 10.9. The average Bonchev–Trinajstić information content (AvgIpc) is 2.97. The number of nitrogens with one attached hydrogen (secondary N) is 1. The van der Waals surface area contributed by atoms with E-state index in [1.54, 1.807) is 0 Å². The van der Waals surface area contributed by atoms with Crippen molar-refractivity contribution in [2.45, 2.75) is 73.8 Å². The van der Waals surface area contributed by atoms with Crippen molar-refractivity contribution in [1.82, 2.24) is 20.0 Å². The molecule has 1 N–H and O–H groups in total. The molecule has 2 aromatic rings. The molecule has 0 bridgehead atoms. The molecule has 40 heavy (non-hydrogen) atoms. The molecule has 1 aliphatic heterocycles. The van der Waals surface area contributed by atoms with Gasteiger partial charge in [0.2, 0.25) is 5.91 Å². The van der Waals surface area contributed by atoms with Crippen LogP contribution in [0.3, 0.4) is 0 Å². The first kappa shape index (κ1) is 30.9. The van der Waals surface area contributed by atoms with Gasteiger partial charge in [0.05, 0.1) is 17.3 Å². The van der Waals surface area contributed by atoms with Gasteiger partial charge >= 0.3 is 0 Å². The summed E-state index contributed by atoms with van der Waals surface area (Å²) in [6.07, 6.45) is 8.29. The molecule has 214 valence electrons. The number of piperazine rings is 1. The molecule has 3 rings (SSSR count). The second kappa shape index (κ2) is 14.6. The van der Waals surface area contributed by atoms with Crippen LogP contribution in [0, 0.1) is 37.0 Å². The molecule has 0 spiro atoms. The van der Waals surface area contributed by atoms with Crippen molar-refractivity contribution < 1.29 is 4.79 Å². The monoisotopic (exact) mass is 542 g/mol. The molecule has 1 aliphatic rings.